The van der Waals surface area contributed by atoms with Gasteiger partial charge in [0.25, 0.3) is 5.69 Å². The van der Waals surface area contributed by atoms with Crippen molar-refractivity contribution in [3.8, 4) is 0 Å². The second-order valence-corrected chi connectivity index (χ2v) is 5.66. The molecule has 0 spiro atoms. The lowest BCUT2D eigenvalue weighted by molar-refractivity contribution is -0.384. The van der Waals surface area contributed by atoms with E-state index in [0.717, 1.165) is 16.2 Å². The van der Waals surface area contributed by atoms with Crippen molar-refractivity contribution in [2.24, 2.45) is 4.99 Å². The highest BCUT2D eigenvalue weighted by atomic mass is 32.2. The number of ether oxygens (including phenoxy) is 1. The smallest absolute Gasteiger partial charge is 0.305 e. The van der Waals surface area contributed by atoms with Crippen LogP contribution in [0.1, 0.15) is 32.3 Å². The number of non-ortho nitro benzene ring substituents is 1. The molecule has 0 aliphatic carbocycles. The third kappa shape index (κ3) is 6.26. The molecule has 0 saturated carbocycles. The molecular formula is C15H20N2O4S. The van der Waals surface area contributed by atoms with E-state index in [2.05, 4.69) is 4.99 Å². The molecule has 22 heavy (non-hydrogen) atoms. The van der Waals surface area contributed by atoms with Crippen LogP contribution in [0.5, 0.6) is 0 Å². The van der Waals surface area contributed by atoms with Gasteiger partial charge >= 0.3 is 5.97 Å². The number of carbonyl (C=O) groups excluding carboxylic acids is 1. The molecule has 0 bridgehead atoms. The molecule has 0 aliphatic heterocycles. The minimum atomic E-state index is -0.418. The first-order chi connectivity index (χ1) is 10.6. The predicted molar refractivity (Wildman–Crippen MR) is 87.8 cm³/mol. The molecule has 0 aromatic heterocycles. The summed E-state index contributed by atoms with van der Waals surface area (Å²) in [5.41, 5.74) is 0.783. The normalized spacial score (nSPS) is 10.8. The Balaban J connectivity index is 2.65. The first-order valence-electron chi connectivity index (χ1n) is 7.15. The van der Waals surface area contributed by atoms with Gasteiger partial charge in [0, 0.05) is 41.8 Å². The topological polar surface area (TPSA) is 81.8 Å². The Morgan fingerprint density at radius 2 is 2.23 bits per heavy atom. The van der Waals surface area contributed by atoms with Gasteiger partial charge in [0.2, 0.25) is 0 Å². The summed E-state index contributed by atoms with van der Waals surface area (Å²) in [6.45, 7) is 4.66. The third-order valence-corrected chi connectivity index (χ3v) is 3.68. The molecule has 0 fully saturated rings. The highest BCUT2D eigenvalue weighted by molar-refractivity contribution is 7.99. The second kappa shape index (κ2) is 9.94. The molecule has 0 amide bonds. The van der Waals surface area contributed by atoms with E-state index in [9.17, 15) is 14.9 Å². The number of hydrogen-bond acceptors (Lipinski definition) is 6. The average Bonchev–Trinajstić information content (AvgIpc) is 2.48. The molecule has 0 unspecified atom stereocenters. The minimum absolute atomic E-state index is 0.0495. The van der Waals surface area contributed by atoms with E-state index in [1.807, 2.05) is 6.92 Å². The molecule has 120 valence electrons. The van der Waals surface area contributed by atoms with Gasteiger partial charge in [0.1, 0.15) is 0 Å². The molecule has 1 aromatic rings. The third-order valence-electron chi connectivity index (χ3n) is 2.71. The van der Waals surface area contributed by atoms with Gasteiger partial charge < -0.3 is 4.74 Å². The Bertz CT molecular complexity index is 546. The van der Waals surface area contributed by atoms with E-state index >= 15 is 0 Å². The fraction of sp³-hybridized carbons (Fsp3) is 0.467. The number of hydrogen-bond donors (Lipinski definition) is 0. The van der Waals surface area contributed by atoms with Crippen LogP contribution >= 0.6 is 11.8 Å². The van der Waals surface area contributed by atoms with Gasteiger partial charge in [-0.25, -0.2) is 0 Å². The SMILES string of the molecule is CCOC(=O)CCCN=Cc1cc([N+](=O)[O-])ccc1SCC. The van der Waals surface area contributed by atoms with Crippen LogP contribution in [0.15, 0.2) is 28.1 Å². The largest absolute Gasteiger partial charge is 0.466 e. The van der Waals surface area contributed by atoms with Gasteiger partial charge in [-0.05, 0) is 25.2 Å². The molecule has 0 N–H and O–H groups in total. The maximum Gasteiger partial charge on any atom is 0.305 e. The summed E-state index contributed by atoms with van der Waals surface area (Å²) in [6.07, 6.45) is 2.56. The Morgan fingerprint density at radius 3 is 2.86 bits per heavy atom. The molecule has 0 aliphatic rings. The van der Waals surface area contributed by atoms with Crippen LogP contribution in [0.4, 0.5) is 5.69 Å². The number of benzene rings is 1. The van der Waals surface area contributed by atoms with Crippen LogP contribution in [-0.4, -0.2) is 36.0 Å². The summed E-state index contributed by atoms with van der Waals surface area (Å²) in [4.78, 5) is 26.8. The zero-order valence-corrected chi connectivity index (χ0v) is 13.6. The zero-order valence-electron chi connectivity index (χ0n) is 12.8. The Hall–Kier alpha value is -1.89. The standard InChI is InChI=1S/C15H20N2O4S/c1-3-21-15(18)6-5-9-16-11-12-10-13(17(19)20)7-8-14(12)22-4-2/h7-8,10-11H,3-6,9H2,1-2H3. The van der Waals surface area contributed by atoms with Crippen LogP contribution in [-0.2, 0) is 9.53 Å². The molecule has 1 rings (SSSR count). The van der Waals surface area contributed by atoms with Crippen molar-refractivity contribution in [3.05, 3.63) is 33.9 Å². The number of rotatable bonds is 9. The van der Waals surface area contributed by atoms with Gasteiger partial charge in [-0.3, -0.25) is 19.9 Å². The zero-order chi connectivity index (χ0) is 16.4. The first kappa shape index (κ1) is 18.2. The Morgan fingerprint density at radius 1 is 1.45 bits per heavy atom. The molecular weight excluding hydrogens is 304 g/mol. The molecule has 0 radical (unpaired) electrons. The number of thioether (sulfide) groups is 1. The molecule has 7 heteroatoms. The Kier molecular flexibility index (Phi) is 8.21. The van der Waals surface area contributed by atoms with Crippen molar-refractivity contribution in [1.29, 1.82) is 0 Å². The number of carbonyl (C=O) groups is 1. The molecule has 0 heterocycles. The summed E-state index contributed by atoms with van der Waals surface area (Å²) in [5, 5.41) is 10.8. The van der Waals surface area contributed by atoms with Crippen LogP contribution in [0, 0.1) is 10.1 Å². The summed E-state index contributed by atoms with van der Waals surface area (Å²) < 4.78 is 4.83. The maximum atomic E-state index is 11.2. The van der Waals surface area contributed by atoms with Crippen molar-refractivity contribution < 1.29 is 14.5 Å². The number of aliphatic imine (C=N–C) groups is 1. The van der Waals surface area contributed by atoms with Crippen molar-refractivity contribution in [2.75, 3.05) is 18.9 Å². The minimum Gasteiger partial charge on any atom is -0.466 e. The number of esters is 1. The molecule has 0 saturated heterocycles. The van der Waals surface area contributed by atoms with Crippen molar-refractivity contribution in [3.63, 3.8) is 0 Å². The van der Waals surface area contributed by atoms with Crippen LogP contribution in [0.25, 0.3) is 0 Å². The Labute approximate surface area is 134 Å². The average molecular weight is 324 g/mol. The number of nitro benzene ring substituents is 1. The summed E-state index contributed by atoms with van der Waals surface area (Å²) >= 11 is 1.61. The lowest BCUT2D eigenvalue weighted by Gasteiger charge is -2.04. The number of nitrogens with zero attached hydrogens (tertiary/aromatic N) is 2. The van der Waals surface area contributed by atoms with Gasteiger partial charge in [-0.2, -0.15) is 0 Å². The van der Waals surface area contributed by atoms with Crippen LogP contribution < -0.4 is 0 Å². The van der Waals surface area contributed by atoms with E-state index < -0.39 is 4.92 Å². The first-order valence-corrected chi connectivity index (χ1v) is 8.13. The second-order valence-electron chi connectivity index (χ2n) is 4.36. The highest BCUT2D eigenvalue weighted by Gasteiger charge is 2.09. The van der Waals surface area contributed by atoms with E-state index in [1.165, 1.54) is 12.1 Å². The lowest BCUT2D eigenvalue weighted by Crippen LogP contribution is -2.04. The van der Waals surface area contributed by atoms with Crippen LogP contribution in [0.3, 0.4) is 0 Å². The van der Waals surface area contributed by atoms with Gasteiger partial charge in [0.15, 0.2) is 0 Å². The molecule has 6 nitrogen and oxygen atoms in total. The van der Waals surface area contributed by atoms with Gasteiger partial charge in [-0.15, -0.1) is 11.8 Å². The van der Waals surface area contributed by atoms with E-state index in [-0.39, 0.29) is 11.7 Å². The molecule has 1 aromatic carbocycles. The fourth-order valence-electron chi connectivity index (χ4n) is 1.75. The summed E-state index contributed by atoms with van der Waals surface area (Å²) in [7, 11) is 0. The maximum absolute atomic E-state index is 11.2. The lowest BCUT2D eigenvalue weighted by atomic mass is 10.2. The van der Waals surface area contributed by atoms with Crippen LogP contribution in [0.2, 0.25) is 0 Å². The van der Waals surface area contributed by atoms with E-state index in [0.29, 0.717) is 26.0 Å². The fourth-order valence-corrected chi connectivity index (χ4v) is 2.50. The van der Waals surface area contributed by atoms with E-state index in [1.54, 1.807) is 31.0 Å². The molecule has 0 atom stereocenters. The van der Waals surface area contributed by atoms with Crippen molar-refractivity contribution >= 4 is 29.6 Å². The van der Waals surface area contributed by atoms with Gasteiger partial charge in [-0.1, -0.05) is 6.92 Å². The predicted octanol–water partition coefficient (Wildman–Crippen LogP) is 3.47. The van der Waals surface area contributed by atoms with E-state index in [4.69, 9.17) is 4.74 Å². The van der Waals surface area contributed by atoms with Gasteiger partial charge in [0.05, 0.1) is 11.5 Å². The van der Waals surface area contributed by atoms with Crippen molar-refractivity contribution in [2.45, 2.75) is 31.6 Å². The summed E-state index contributed by atoms with van der Waals surface area (Å²) in [6, 6.07) is 4.76. The monoisotopic (exact) mass is 324 g/mol. The quantitative estimate of drug-likeness (QED) is 0.173. The number of nitro groups is 1. The van der Waals surface area contributed by atoms with Crippen molar-refractivity contribution in [1.82, 2.24) is 0 Å². The highest BCUT2D eigenvalue weighted by Crippen LogP contribution is 2.25. The summed E-state index contributed by atoms with van der Waals surface area (Å²) in [5.74, 6) is 0.650.